The predicted molar refractivity (Wildman–Crippen MR) is 44.9 cm³/mol. The van der Waals surface area contributed by atoms with Crippen molar-refractivity contribution in [1.29, 1.82) is 10.9 Å². The van der Waals surface area contributed by atoms with Crippen molar-refractivity contribution in [3.63, 3.8) is 0 Å². The van der Waals surface area contributed by atoms with E-state index in [9.17, 15) is 0 Å². The van der Waals surface area contributed by atoms with Crippen LogP contribution >= 0.6 is 11.6 Å². The van der Waals surface area contributed by atoms with E-state index in [1.807, 2.05) is 0 Å². The van der Waals surface area contributed by atoms with Crippen LogP contribution in [-0.2, 0) is 0 Å². The lowest BCUT2D eigenvalue weighted by molar-refractivity contribution is 0.677. The van der Waals surface area contributed by atoms with Crippen molar-refractivity contribution in [2.75, 3.05) is 0 Å². The summed E-state index contributed by atoms with van der Waals surface area (Å²) in [4.78, 5) is 0. The summed E-state index contributed by atoms with van der Waals surface area (Å²) in [6.45, 7) is 0. The average molecular weight is 186 g/mol. The van der Waals surface area contributed by atoms with E-state index >= 15 is 0 Å². The summed E-state index contributed by atoms with van der Waals surface area (Å²) in [5.41, 5.74) is 7.51. The van der Waals surface area contributed by atoms with E-state index in [0.29, 0.717) is 5.69 Å². The number of alkyl halides is 1. The minimum absolute atomic E-state index is 0.535. The van der Waals surface area contributed by atoms with Crippen molar-refractivity contribution < 1.29 is 0 Å². The number of nitrogens with zero attached hydrogens (tertiary/aromatic N) is 2. The monoisotopic (exact) mass is 185 g/mol. The molecule has 1 aromatic heterocycles. The van der Waals surface area contributed by atoms with Gasteiger partial charge in [-0.1, -0.05) is 0 Å². The Morgan fingerprint density at radius 3 is 2.92 bits per heavy atom. The average Bonchev–Trinajstić information content (AvgIpc) is 2.58. The second-order valence-electron chi connectivity index (χ2n) is 2.20. The number of hydrogen-bond acceptors (Lipinski definition) is 4. The third kappa shape index (κ3) is 1.68. The van der Waals surface area contributed by atoms with Crippen molar-refractivity contribution >= 4 is 17.8 Å². The molecule has 0 fully saturated rings. The molecule has 0 aliphatic rings. The molecular formula is C6H8ClN5. The van der Waals surface area contributed by atoms with Crippen molar-refractivity contribution in [2.24, 2.45) is 5.11 Å². The van der Waals surface area contributed by atoms with E-state index in [1.54, 1.807) is 12.3 Å². The Bertz CT molecular complexity index is 257. The Kier molecular flexibility index (Phi) is 2.93. The first kappa shape index (κ1) is 8.86. The first-order chi connectivity index (χ1) is 5.79. The zero-order valence-corrected chi connectivity index (χ0v) is 6.92. The third-order valence-electron chi connectivity index (χ3n) is 1.44. The molecule has 0 radical (unpaired) electrons. The van der Waals surface area contributed by atoms with Crippen LogP contribution in [0.4, 0.5) is 0 Å². The van der Waals surface area contributed by atoms with Crippen molar-refractivity contribution in [3.05, 3.63) is 18.0 Å². The van der Waals surface area contributed by atoms with E-state index in [0.717, 1.165) is 6.21 Å². The van der Waals surface area contributed by atoms with Gasteiger partial charge in [-0.3, -0.25) is 5.10 Å². The SMILES string of the molecule is N=CC(Cl)C(N=N)c1ccn[nH]1. The lowest BCUT2D eigenvalue weighted by atomic mass is 10.1. The highest BCUT2D eigenvalue weighted by molar-refractivity contribution is 6.28. The number of rotatable bonds is 4. The highest BCUT2D eigenvalue weighted by Gasteiger charge is 2.19. The first-order valence-corrected chi connectivity index (χ1v) is 3.73. The number of halogens is 1. The Labute approximate surface area is 74.1 Å². The molecule has 2 atom stereocenters. The van der Waals surface area contributed by atoms with Crippen LogP contribution in [0.3, 0.4) is 0 Å². The molecule has 2 unspecified atom stereocenters. The zero-order chi connectivity index (χ0) is 8.97. The number of hydrogen-bond donors (Lipinski definition) is 3. The molecule has 6 heteroatoms. The van der Waals surface area contributed by atoms with Crippen LogP contribution in [0.25, 0.3) is 0 Å². The molecule has 0 spiro atoms. The molecule has 1 rings (SSSR count). The maximum Gasteiger partial charge on any atom is 0.133 e. The van der Waals surface area contributed by atoms with Crippen LogP contribution < -0.4 is 0 Å². The van der Waals surface area contributed by atoms with Gasteiger partial charge in [0.15, 0.2) is 0 Å². The van der Waals surface area contributed by atoms with Crippen LogP contribution in [0, 0.1) is 10.9 Å². The molecular weight excluding hydrogens is 178 g/mol. The maximum absolute atomic E-state index is 6.91. The van der Waals surface area contributed by atoms with Gasteiger partial charge < -0.3 is 5.41 Å². The smallest absolute Gasteiger partial charge is 0.133 e. The van der Waals surface area contributed by atoms with E-state index in [-0.39, 0.29) is 0 Å². The molecule has 1 aromatic rings. The summed E-state index contributed by atoms with van der Waals surface area (Å²) in [6.07, 6.45) is 2.60. The van der Waals surface area contributed by atoms with Gasteiger partial charge in [0.25, 0.3) is 0 Å². The van der Waals surface area contributed by atoms with Crippen LogP contribution in [0.15, 0.2) is 17.4 Å². The van der Waals surface area contributed by atoms with Gasteiger partial charge in [0, 0.05) is 12.4 Å². The molecule has 0 aliphatic carbocycles. The Balaban J connectivity index is 2.82. The fourth-order valence-corrected chi connectivity index (χ4v) is 1.03. The second kappa shape index (κ2) is 3.96. The van der Waals surface area contributed by atoms with E-state index in [4.69, 9.17) is 22.5 Å². The standard InChI is InChI=1S/C6H8ClN5/c7-4(3-8)6(11-9)5-1-2-10-12-5/h1-4,6,8-9H,(H,10,12). The number of aromatic amines is 1. The molecule has 3 N–H and O–H groups in total. The molecule has 0 aliphatic heterocycles. The van der Waals surface area contributed by atoms with Crippen molar-refractivity contribution in [2.45, 2.75) is 11.4 Å². The van der Waals surface area contributed by atoms with Crippen molar-refractivity contribution in [3.8, 4) is 0 Å². The maximum atomic E-state index is 6.91. The molecule has 0 amide bonds. The van der Waals surface area contributed by atoms with E-state index in [2.05, 4.69) is 15.3 Å². The quantitative estimate of drug-likeness (QED) is 0.372. The number of H-pyrrole nitrogens is 1. The molecule has 0 saturated heterocycles. The summed E-state index contributed by atoms with van der Waals surface area (Å²) in [6, 6.07) is 1.15. The van der Waals surface area contributed by atoms with Gasteiger partial charge in [-0.05, 0) is 6.07 Å². The minimum Gasteiger partial charge on any atom is -0.311 e. The largest absolute Gasteiger partial charge is 0.311 e. The zero-order valence-electron chi connectivity index (χ0n) is 6.16. The molecule has 1 heterocycles. The van der Waals surface area contributed by atoms with Crippen LogP contribution in [0.2, 0.25) is 0 Å². The Morgan fingerprint density at radius 1 is 1.75 bits per heavy atom. The summed E-state index contributed by atoms with van der Waals surface area (Å²) < 4.78 is 0. The third-order valence-corrected chi connectivity index (χ3v) is 1.81. The lowest BCUT2D eigenvalue weighted by Gasteiger charge is -2.09. The molecule has 64 valence electrons. The van der Waals surface area contributed by atoms with Crippen LogP contribution in [-0.4, -0.2) is 21.8 Å². The fraction of sp³-hybridized carbons (Fsp3) is 0.333. The summed E-state index contributed by atoms with van der Waals surface area (Å²) in [7, 11) is 0. The summed E-state index contributed by atoms with van der Waals surface area (Å²) in [5, 5.41) is 16.0. The van der Waals surface area contributed by atoms with E-state index in [1.165, 1.54) is 0 Å². The topological polar surface area (TPSA) is 88.7 Å². The predicted octanol–water partition coefficient (Wildman–Crippen LogP) is 1.74. The molecule has 5 nitrogen and oxygen atoms in total. The summed E-state index contributed by atoms with van der Waals surface area (Å²) in [5.74, 6) is 0. The van der Waals surface area contributed by atoms with Gasteiger partial charge in [-0.25, -0.2) is 5.53 Å². The molecule has 0 bridgehead atoms. The minimum atomic E-state index is -0.594. The number of nitrogens with one attached hydrogen (secondary N) is 3. The van der Waals surface area contributed by atoms with Gasteiger partial charge in [-0.2, -0.15) is 10.2 Å². The van der Waals surface area contributed by atoms with Gasteiger partial charge in [0.05, 0.1) is 11.1 Å². The van der Waals surface area contributed by atoms with Crippen LogP contribution in [0.1, 0.15) is 11.7 Å². The second-order valence-corrected chi connectivity index (χ2v) is 2.70. The highest BCUT2D eigenvalue weighted by atomic mass is 35.5. The Hall–Kier alpha value is -1.23. The molecule has 12 heavy (non-hydrogen) atoms. The van der Waals surface area contributed by atoms with E-state index < -0.39 is 11.4 Å². The Morgan fingerprint density at radius 2 is 2.50 bits per heavy atom. The molecule has 0 saturated carbocycles. The van der Waals surface area contributed by atoms with Gasteiger partial charge in [0.1, 0.15) is 6.04 Å². The van der Waals surface area contributed by atoms with Gasteiger partial charge in [0.2, 0.25) is 0 Å². The number of aromatic nitrogens is 2. The van der Waals surface area contributed by atoms with Crippen molar-refractivity contribution in [1.82, 2.24) is 10.2 Å². The molecule has 0 aromatic carbocycles. The fourth-order valence-electron chi connectivity index (χ4n) is 0.835. The lowest BCUT2D eigenvalue weighted by Crippen LogP contribution is -2.11. The summed E-state index contributed by atoms with van der Waals surface area (Å²) >= 11 is 5.72. The first-order valence-electron chi connectivity index (χ1n) is 3.30. The highest BCUT2D eigenvalue weighted by Crippen LogP contribution is 2.21. The normalized spacial score (nSPS) is 15.1. The van der Waals surface area contributed by atoms with Gasteiger partial charge in [-0.15, -0.1) is 11.6 Å². The van der Waals surface area contributed by atoms with Gasteiger partial charge >= 0.3 is 0 Å². The van der Waals surface area contributed by atoms with Crippen LogP contribution in [0.5, 0.6) is 0 Å².